The van der Waals surface area contributed by atoms with Gasteiger partial charge in [0, 0.05) is 6.54 Å². The highest BCUT2D eigenvalue weighted by Crippen LogP contribution is 2.22. The lowest BCUT2D eigenvalue weighted by molar-refractivity contribution is -0.0390. The van der Waals surface area contributed by atoms with Gasteiger partial charge in [-0.2, -0.15) is 13.2 Å². The predicted molar refractivity (Wildman–Crippen MR) is 32.7 cm³/mol. The fraction of sp³-hybridized carbons (Fsp3) is 1.00. The normalized spacial score (nSPS) is 18.5. The van der Waals surface area contributed by atoms with Crippen molar-refractivity contribution in [1.29, 1.82) is 0 Å². The summed E-state index contributed by atoms with van der Waals surface area (Å²) in [4.78, 5) is 0. The summed E-state index contributed by atoms with van der Waals surface area (Å²) in [6.45, 7) is 0.982. The van der Waals surface area contributed by atoms with Gasteiger partial charge in [-0.3, -0.25) is 4.21 Å². The maximum atomic E-state index is 11.5. The molecule has 0 saturated heterocycles. The van der Waals surface area contributed by atoms with Crippen LogP contribution in [0.25, 0.3) is 0 Å². The molecule has 2 atom stereocenters. The maximum Gasteiger partial charge on any atom is 0.471 e. The third kappa shape index (κ3) is 2.66. The van der Waals surface area contributed by atoms with Crippen LogP contribution in [-0.2, 0) is 10.8 Å². The molecule has 0 amide bonds. The van der Waals surface area contributed by atoms with E-state index in [1.54, 1.807) is 0 Å². The first kappa shape index (κ1) is 9.90. The number of halogens is 3. The van der Waals surface area contributed by atoms with E-state index in [1.807, 2.05) is 0 Å². The summed E-state index contributed by atoms with van der Waals surface area (Å²) in [7, 11) is -2.81. The molecule has 0 heterocycles. The van der Waals surface area contributed by atoms with Crippen LogP contribution in [-0.4, -0.2) is 21.5 Å². The van der Waals surface area contributed by atoms with Crippen LogP contribution < -0.4 is 5.73 Å². The molecule has 62 valence electrons. The fourth-order valence-corrected chi connectivity index (χ4v) is 0.947. The van der Waals surface area contributed by atoms with Gasteiger partial charge < -0.3 is 5.73 Å². The van der Waals surface area contributed by atoms with Crippen molar-refractivity contribution < 1.29 is 17.4 Å². The molecule has 2 unspecified atom stereocenters. The van der Waals surface area contributed by atoms with Crippen LogP contribution in [0.2, 0.25) is 0 Å². The van der Waals surface area contributed by atoms with E-state index < -0.39 is 21.6 Å². The summed E-state index contributed by atoms with van der Waals surface area (Å²) < 4.78 is 44.9. The van der Waals surface area contributed by atoms with E-state index in [-0.39, 0.29) is 6.54 Å². The molecular formula is C4H8F3NOS. The highest BCUT2D eigenvalue weighted by Gasteiger charge is 2.39. The minimum absolute atomic E-state index is 0.216. The molecule has 0 saturated carbocycles. The molecule has 0 bridgehead atoms. The zero-order valence-electron chi connectivity index (χ0n) is 5.31. The second-order valence-electron chi connectivity index (χ2n) is 1.79. The molecule has 0 aromatic carbocycles. The summed E-state index contributed by atoms with van der Waals surface area (Å²) in [5.41, 5.74) is 0.250. The average molecular weight is 175 g/mol. The zero-order chi connectivity index (χ0) is 8.36. The van der Waals surface area contributed by atoms with Crippen molar-refractivity contribution in [1.82, 2.24) is 0 Å². The number of alkyl halides is 3. The van der Waals surface area contributed by atoms with Gasteiger partial charge >= 0.3 is 5.51 Å². The average Bonchev–Trinajstić information content (AvgIpc) is 1.83. The van der Waals surface area contributed by atoms with Crippen LogP contribution in [0.3, 0.4) is 0 Å². The van der Waals surface area contributed by atoms with Gasteiger partial charge in [0.05, 0.1) is 5.25 Å². The first-order chi connectivity index (χ1) is 4.39. The Morgan fingerprint density at radius 2 is 2.00 bits per heavy atom. The highest BCUT2D eigenvalue weighted by molar-refractivity contribution is 7.86. The van der Waals surface area contributed by atoms with E-state index in [0.717, 1.165) is 0 Å². The van der Waals surface area contributed by atoms with E-state index in [1.165, 1.54) is 6.92 Å². The predicted octanol–water partition coefficient (Wildman–Crippen LogP) is 0.602. The van der Waals surface area contributed by atoms with Crippen molar-refractivity contribution >= 4 is 10.8 Å². The third-order valence-corrected chi connectivity index (χ3v) is 2.31. The molecular weight excluding hydrogens is 167 g/mol. The first-order valence-corrected chi connectivity index (χ1v) is 3.78. The number of nitrogens with two attached hydrogens (primary N) is 1. The van der Waals surface area contributed by atoms with Crippen LogP contribution in [0.5, 0.6) is 0 Å². The fourth-order valence-electron chi connectivity index (χ4n) is 0.316. The molecule has 0 aliphatic carbocycles. The summed E-state index contributed by atoms with van der Waals surface area (Å²) in [5, 5.41) is -1.01. The minimum atomic E-state index is -4.63. The lowest BCUT2D eigenvalue weighted by Gasteiger charge is -2.10. The largest absolute Gasteiger partial charge is 0.471 e. The van der Waals surface area contributed by atoms with Crippen LogP contribution in [0.15, 0.2) is 0 Å². The van der Waals surface area contributed by atoms with E-state index in [9.17, 15) is 17.4 Å². The van der Waals surface area contributed by atoms with E-state index >= 15 is 0 Å². The second-order valence-corrected chi connectivity index (χ2v) is 3.65. The van der Waals surface area contributed by atoms with Crippen molar-refractivity contribution in [3.8, 4) is 0 Å². The molecule has 10 heavy (non-hydrogen) atoms. The molecule has 0 aliphatic rings. The van der Waals surface area contributed by atoms with Crippen molar-refractivity contribution in [2.75, 3.05) is 6.54 Å². The minimum Gasteiger partial charge on any atom is -0.329 e. The number of hydrogen-bond acceptors (Lipinski definition) is 2. The van der Waals surface area contributed by atoms with Crippen LogP contribution >= 0.6 is 0 Å². The third-order valence-electron chi connectivity index (χ3n) is 0.925. The Hall–Kier alpha value is -0.100. The van der Waals surface area contributed by atoms with Gasteiger partial charge in [0.2, 0.25) is 0 Å². The molecule has 2 N–H and O–H groups in total. The van der Waals surface area contributed by atoms with Gasteiger partial charge in [-0.1, -0.05) is 0 Å². The lowest BCUT2D eigenvalue weighted by Crippen LogP contribution is -2.31. The maximum absolute atomic E-state index is 11.5. The summed E-state index contributed by atoms with van der Waals surface area (Å²) in [5.74, 6) is 0. The van der Waals surface area contributed by atoms with Gasteiger partial charge in [0.15, 0.2) is 0 Å². The van der Waals surface area contributed by atoms with Gasteiger partial charge in [-0.15, -0.1) is 0 Å². The van der Waals surface area contributed by atoms with Crippen molar-refractivity contribution in [2.45, 2.75) is 17.7 Å². The first-order valence-electron chi connectivity index (χ1n) is 2.57. The number of rotatable bonds is 2. The van der Waals surface area contributed by atoms with Gasteiger partial charge in [-0.25, -0.2) is 0 Å². The molecule has 0 rings (SSSR count). The van der Waals surface area contributed by atoms with Crippen LogP contribution in [0.1, 0.15) is 6.92 Å². The Labute approximate surface area is 59.0 Å². The Morgan fingerprint density at radius 1 is 1.60 bits per heavy atom. The summed E-state index contributed by atoms with van der Waals surface area (Å²) >= 11 is 0. The Kier molecular flexibility index (Phi) is 3.30. The Morgan fingerprint density at radius 3 is 2.10 bits per heavy atom. The molecule has 0 aliphatic heterocycles. The molecule has 0 aromatic heterocycles. The van der Waals surface area contributed by atoms with Crippen molar-refractivity contribution in [3.05, 3.63) is 0 Å². The highest BCUT2D eigenvalue weighted by atomic mass is 32.2. The van der Waals surface area contributed by atoms with E-state index in [4.69, 9.17) is 5.73 Å². The van der Waals surface area contributed by atoms with Crippen molar-refractivity contribution in [3.63, 3.8) is 0 Å². The molecule has 0 radical (unpaired) electrons. The van der Waals surface area contributed by atoms with Gasteiger partial charge in [0.1, 0.15) is 10.8 Å². The quantitative estimate of drug-likeness (QED) is 0.667. The summed E-state index contributed by atoms with van der Waals surface area (Å²) in [6.07, 6.45) is 0. The standard InChI is InChI=1S/C4H8F3NOS/c1-3(2-8)10(9)4(5,6)7/h3H,2,8H2,1H3. The van der Waals surface area contributed by atoms with Crippen LogP contribution in [0.4, 0.5) is 13.2 Å². The topological polar surface area (TPSA) is 43.1 Å². The lowest BCUT2D eigenvalue weighted by atomic mass is 10.5. The monoisotopic (exact) mass is 175 g/mol. The molecule has 6 heteroatoms. The smallest absolute Gasteiger partial charge is 0.329 e. The Balaban J connectivity index is 4.09. The molecule has 0 spiro atoms. The molecule has 0 aromatic rings. The van der Waals surface area contributed by atoms with Crippen LogP contribution in [0, 0.1) is 0 Å². The van der Waals surface area contributed by atoms with E-state index in [0.29, 0.717) is 0 Å². The van der Waals surface area contributed by atoms with Gasteiger partial charge in [0.25, 0.3) is 0 Å². The summed E-state index contributed by atoms with van der Waals surface area (Å²) in [6, 6.07) is 0. The number of hydrogen-bond donors (Lipinski definition) is 1. The molecule has 0 fully saturated rings. The molecule has 2 nitrogen and oxygen atoms in total. The zero-order valence-corrected chi connectivity index (χ0v) is 6.13. The SMILES string of the molecule is CC(CN)S(=O)C(F)(F)F. The second kappa shape index (κ2) is 3.34. The van der Waals surface area contributed by atoms with Crippen molar-refractivity contribution in [2.24, 2.45) is 5.73 Å². The Bertz CT molecular complexity index is 135. The van der Waals surface area contributed by atoms with E-state index in [2.05, 4.69) is 0 Å². The van der Waals surface area contributed by atoms with Gasteiger partial charge in [-0.05, 0) is 6.92 Å².